The Kier molecular flexibility index (Phi) is 4.72. The van der Waals surface area contributed by atoms with Gasteiger partial charge in [0.05, 0.1) is 0 Å². The van der Waals surface area contributed by atoms with E-state index in [4.69, 9.17) is 0 Å². The Labute approximate surface area is 128 Å². The predicted octanol–water partition coefficient (Wildman–Crippen LogP) is 4.77. The number of hydrogen-bond donors (Lipinski definition) is 1. The average Bonchev–Trinajstić information content (AvgIpc) is 2.47. The van der Waals surface area contributed by atoms with Crippen LogP contribution in [0.1, 0.15) is 43.2 Å². The number of nitrogens with one attached hydrogen (secondary N) is 1. The van der Waals surface area contributed by atoms with Crippen molar-refractivity contribution in [3.8, 4) is 11.1 Å². The molecule has 1 heteroatoms. The number of hydrogen-bond acceptors (Lipinski definition) is 1. The van der Waals surface area contributed by atoms with E-state index >= 15 is 0 Å². The first kappa shape index (κ1) is 14.3. The summed E-state index contributed by atoms with van der Waals surface area (Å²) in [5.41, 5.74) is 5.58. The van der Waals surface area contributed by atoms with E-state index in [0.717, 1.165) is 19.0 Å². The van der Waals surface area contributed by atoms with Gasteiger partial charge in [-0.05, 0) is 35.1 Å². The van der Waals surface area contributed by atoms with E-state index in [1.165, 1.54) is 47.9 Å². The topological polar surface area (TPSA) is 12.0 Å². The lowest BCUT2D eigenvalue weighted by atomic mass is 9.92. The van der Waals surface area contributed by atoms with Crippen molar-refractivity contribution < 1.29 is 0 Å². The van der Waals surface area contributed by atoms with Crippen molar-refractivity contribution in [2.24, 2.45) is 0 Å². The highest BCUT2D eigenvalue weighted by Gasteiger charge is 2.18. The molecule has 1 heterocycles. The third-order valence-corrected chi connectivity index (χ3v) is 4.52. The lowest BCUT2D eigenvalue weighted by Crippen LogP contribution is -2.39. The van der Waals surface area contributed by atoms with Gasteiger partial charge in [0.15, 0.2) is 0 Å². The van der Waals surface area contributed by atoms with Gasteiger partial charge in [0.2, 0.25) is 0 Å². The van der Waals surface area contributed by atoms with Crippen molar-refractivity contribution in [3.63, 3.8) is 0 Å². The van der Waals surface area contributed by atoms with Crippen molar-refractivity contribution in [3.05, 3.63) is 59.7 Å². The van der Waals surface area contributed by atoms with Crippen molar-refractivity contribution in [2.75, 3.05) is 13.1 Å². The summed E-state index contributed by atoms with van der Waals surface area (Å²) in [6.45, 7) is 4.52. The maximum atomic E-state index is 3.33. The first-order valence-corrected chi connectivity index (χ1v) is 8.27. The van der Waals surface area contributed by atoms with Gasteiger partial charge in [0.25, 0.3) is 0 Å². The third kappa shape index (κ3) is 3.54. The summed E-state index contributed by atoms with van der Waals surface area (Å²) in [7, 11) is 0. The minimum Gasteiger partial charge on any atom is -0.315 e. The fourth-order valence-electron chi connectivity index (χ4n) is 2.92. The summed E-state index contributed by atoms with van der Waals surface area (Å²) in [5.74, 6) is 0.722. The number of aryl methyl sites for hydroxylation is 1. The molecule has 1 aliphatic heterocycles. The van der Waals surface area contributed by atoms with E-state index in [9.17, 15) is 0 Å². The van der Waals surface area contributed by atoms with Crippen LogP contribution in [-0.2, 0) is 6.42 Å². The molecule has 1 N–H and O–H groups in total. The summed E-state index contributed by atoms with van der Waals surface area (Å²) in [6.07, 6.45) is 5.14. The molecule has 1 saturated heterocycles. The molecular formula is C20H25N. The van der Waals surface area contributed by atoms with Crippen LogP contribution in [0.4, 0.5) is 0 Å². The molecule has 0 aliphatic carbocycles. The monoisotopic (exact) mass is 279 g/mol. The Balaban J connectivity index is 1.65. The number of benzene rings is 2. The molecule has 1 nitrogen and oxygen atoms in total. The molecule has 0 bridgehead atoms. The van der Waals surface area contributed by atoms with Crippen LogP contribution in [0.5, 0.6) is 0 Å². The molecular weight excluding hydrogens is 254 g/mol. The van der Waals surface area contributed by atoms with Crippen LogP contribution in [0, 0.1) is 0 Å². The van der Waals surface area contributed by atoms with Gasteiger partial charge < -0.3 is 5.32 Å². The smallest absolute Gasteiger partial charge is 0.00885 e. The molecule has 0 spiro atoms. The van der Waals surface area contributed by atoms with E-state index in [-0.39, 0.29) is 0 Å². The molecule has 3 rings (SSSR count). The van der Waals surface area contributed by atoms with Crippen LogP contribution in [0.25, 0.3) is 11.1 Å². The Bertz CT molecular complexity index is 549. The van der Waals surface area contributed by atoms with Gasteiger partial charge >= 0.3 is 0 Å². The minimum absolute atomic E-state index is 0.722. The lowest BCUT2D eigenvalue weighted by Gasteiger charge is -2.27. The Morgan fingerprint density at radius 2 is 1.48 bits per heavy atom. The van der Waals surface area contributed by atoms with Crippen molar-refractivity contribution in [2.45, 2.75) is 38.5 Å². The quantitative estimate of drug-likeness (QED) is 0.751. The summed E-state index contributed by atoms with van der Waals surface area (Å²) in [5, 5.41) is 3.33. The zero-order chi connectivity index (χ0) is 14.5. The molecule has 0 unspecified atom stereocenters. The summed E-state index contributed by atoms with van der Waals surface area (Å²) >= 11 is 0. The average molecular weight is 279 g/mol. The molecule has 0 aromatic heterocycles. The van der Waals surface area contributed by atoms with E-state index in [1.807, 2.05) is 0 Å². The summed E-state index contributed by atoms with van der Waals surface area (Å²) < 4.78 is 0. The van der Waals surface area contributed by atoms with Crippen LogP contribution in [0.2, 0.25) is 0 Å². The zero-order valence-electron chi connectivity index (χ0n) is 12.9. The van der Waals surface area contributed by atoms with Gasteiger partial charge in [-0.1, -0.05) is 68.3 Å². The molecule has 0 atom stereocenters. The van der Waals surface area contributed by atoms with Crippen molar-refractivity contribution >= 4 is 0 Å². The van der Waals surface area contributed by atoms with E-state index in [1.54, 1.807) is 0 Å². The highest BCUT2D eigenvalue weighted by Crippen LogP contribution is 2.25. The second-order valence-electron chi connectivity index (χ2n) is 6.13. The highest BCUT2D eigenvalue weighted by atomic mass is 14.9. The third-order valence-electron chi connectivity index (χ3n) is 4.52. The van der Waals surface area contributed by atoms with E-state index < -0.39 is 0 Å². The number of rotatable bonds is 6. The van der Waals surface area contributed by atoms with Gasteiger partial charge in [-0.3, -0.25) is 0 Å². The predicted molar refractivity (Wildman–Crippen MR) is 90.7 cm³/mol. The first-order chi connectivity index (χ1) is 10.4. The summed E-state index contributed by atoms with van der Waals surface area (Å²) in [6, 6.07) is 18.2. The second-order valence-corrected chi connectivity index (χ2v) is 6.13. The fraction of sp³-hybridized carbons (Fsp3) is 0.400. The van der Waals surface area contributed by atoms with Gasteiger partial charge in [0, 0.05) is 19.0 Å². The SMILES string of the molecule is CCCCCc1ccc(-c2ccc(C3CNC3)cc2)cc1. The van der Waals surface area contributed by atoms with Gasteiger partial charge in [-0.15, -0.1) is 0 Å². The molecule has 0 saturated carbocycles. The molecule has 0 amide bonds. The molecule has 2 aromatic rings. The van der Waals surface area contributed by atoms with Crippen molar-refractivity contribution in [1.82, 2.24) is 5.32 Å². The van der Waals surface area contributed by atoms with Crippen LogP contribution in [0.3, 0.4) is 0 Å². The summed E-state index contributed by atoms with van der Waals surface area (Å²) in [4.78, 5) is 0. The van der Waals surface area contributed by atoms with Crippen LogP contribution >= 0.6 is 0 Å². The van der Waals surface area contributed by atoms with Crippen LogP contribution in [-0.4, -0.2) is 13.1 Å². The number of unbranched alkanes of at least 4 members (excludes halogenated alkanes) is 2. The second kappa shape index (κ2) is 6.91. The minimum atomic E-state index is 0.722. The van der Waals surface area contributed by atoms with Gasteiger partial charge in [-0.2, -0.15) is 0 Å². The van der Waals surface area contributed by atoms with Crippen molar-refractivity contribution in [1.29, 1.82) is 0 Å². The molecule has 2 aromatic carbocycles. The highest BCUT2D eigenvalue weighted by molar-refractivity contribution is 5.64. The van der Waals surface area contributed by atoms with Crippen LogP contribution < -0.4 is 5.32 Å². The Hall–Kier alpha value is -1.60. The maximum absolute atomic E-state index is 3.33. The largest absolute Gasteiger partial charge is 0.315 e. The maximum Gasteiger partial charge on any atom is 0.00885 e. The molecule has 1 aliphatic rings. The molecule has 110 valence electrons. The van der Waals surface area contributed by atoms with E-state index in [0.29, 0.717) is 0 Å². The molecule has 21 heavy (non-hydrogen) atoms. The van der Waals surface area contributed by atoms with Gasteiger partial charge in [0.1, 0.15) is 0 Å². The normalized spacial score (nSPS) is 14.9. The standard InChI is InChI=1S/C20H25N/c1-2-3-4-5-16-6-8-17(9-7-16)18-10-12-19(13-11-18)20-14-21-15-20/h6-13,20-21H,2-5,14-15H2,1H3. The van der Waals surface area contributed by atoms with Gasteiger partial charge in [-0.25, -0.2) is 0 Å². The fourth-order valence-corrected chi connectivity index (χ4v) is 2.92. The molecule has 0 radical (unpaired) electrons. The Morgan fingerprint density at radius 1 is 0.857 bits per heavy atom. The van der Waals surface area contributed by atoms with Crippen LogP contribution in [0.15, 0.2) is 48.5 Å². The van der Waals surface area contributed by atoms with E-state index in [2.05, 4.69) is 60.8 Å². The zero-order valence-corrected chi connectivity index (χ0v) is 12.9. The lowest BCUT2D eigenvalue weighted by molar-refractivity contribution is 0.448. The molecule has 1 fully saturated rings. The Morgan fingerprint density at radius 3 is 2.00 bits per heavy atom. The first-order valence-electron chi connectivity index (χ1n) is 8.27.